The van der Waals surface area contributed by atoms with Gasteiger partial charge >= 0.3 is 0 Å². The second-order valence-electron chi connectivity index (χ2n) is 6.09. The molecule has 1 amide bonds. The Morgan fingerprint density at radius 3 is 1.52 bits per heavy atom. The Morgan fingerprint density at radius 2 is 1.11 bits per heavy atom. The van der Waals surface area contributed by atoms with Gasteiger partial charge in [-0.1, -0.05) is 79.8 Å². The molecule has 0 fully saturated rings. The molecule has 0 aromatic rings. The average molecular weight is 371 g/mol. The van der Waals surface area contributed by atoms with Crippen molar-refractivity contribution in [1.82, 2.24) is 5.32 Å². The summed E-state index contributed by atoms with van der Waals surface area (Å²) in [7, 11) is 0. The van der Waals surface area contributed by atoms with Crippen LogP contribution in [-0.2, 0) is 4.79 Å². The molecule has 0 heterocycles. The lowest BCUT2D eigenvalue weighted by molar-refractivity contribution is -0.120. The lowest BCUT2D eigenvalue weighted by Gasteiger charge is -2.00. The molecule has 0 bridgehead atoms. The molecule has 0 atom stereocenters. The third kappa shape index (κ3) is 21.8. The number of nitrogens with two attached hydrogens (primary N) is 1. The predicted molar refractivity (Wildman–Crippen MR) is 120 cm³/mol. The molecular weight excluding hydrogens is 332 g/mol. The molecular formula is C24H38N2O. The molecule has 0 spiro atoms. The van der Waals surface area contributed by atoms with Crippen LogP contribution in [0.25, 0.3) is 0 Å². The van der Waals surface area contributed by atoms with Crippen LogP contribution >= 0.6 is 0 Å². The second-order valence-corrected chi connectivity index (χ2v) is 6.09. The molecule has 0 unspecified atom stereocenters. The molecule has 3 heteroatoms. The molecule has 27 heavy (non-hydrogen) atoms. The minimum Gasteiger partial charge on any atom is -0.355 e. The average Bonchev–Trinajstić information content (AvgIpc) is 2.68. The van der Waals surface area contributed by atoms with Crippen LogP contribution < -0.4 is 11.1 Å². The fourth-order valence-electron chi connectivity index (χ4n) is 2.15. The van der Waals surface area contributed by atoms with Crippen molar-refractivity contribution in [2.75, 3.05) is 13.1 Å². The molecule has 0 saturated carbocycles. The quantitative estimate of drug-likeness (QED) is 0.351. The van der Waals surface area contributed by atoms with Crippen LogP contribution in [0.3, 0.4) is 0 Å². The topological polar surface area (TPSA) is 55.1 Å². The Hall–Kier alpha value is -2.13. The molecule has 3 nitrogen and oxygen atoms in total. The molecule has 0 aliphatic heterocycles. The highest BCUT2D eigenvalue weighted by molar-refractivity contribution is 5.75. The molecule has 0 aromatic carbocycles. The van der Waals surface area contributed by atoms with Gasteiger partial charge in [-0.15, -0.1) is 0 Å². The number of nitrogens with one attached hydrogen (secondary N) is 1. The van der Waals surface area contributed by atoms with Gasteiger partial charge in [0.25, 0.3) is 0 Å². The molecule has 0 aliphatic rings. The Bertz CT molecular complexity index is 510. The van der Waals surface area contributed by atoms with E-state index in [9.17, 15) is 4.79 Å². The van der Waals surface area contributed by atoms with Gasteiger partial charge < -0.3 is 11.1 Å². The van der Waals surface area contributed by atoms with Crippen molar-refractivity contribution in [3.05, 3.63) is 72.9 Å². The molecule has 0 aromatic heterocycles. The number of amides is 1. The van der Waals surface area contributed by atoms with E-state index in [1.807, 2.05) is 0 Å². The molecule has 0 radical (unpaired) electrons. The van der Waals surface area contributed by atoms with Crippen molar-refractivity contribution in [3.8, 4) is 0 Å². The second kappa shape index (κ2) is 21.9. The number of hydrogen-bond acceptors (Lipinski definition) is 2. The van der Waals surface area contributed by atoms with E-state index in [0.717, 1.165) is 44.9 Å². The highest BCUT2D eigenvalue weighted by Crippen LogP contribution is 1.97. The Morgan fingerprint density at radius 1 is 0.704 bits per heavy atom. The summed E-state index contributed by atoms with van der Waals surface area (Å²) in [5, 5.41) is 2.76. The van der Waals surface area contributed by atoms with Crippen LogP contribution in [0.1, 0.15) is 58.3 Å². The zero-order chi connectivity index (χ0) is 19.8. The first-order valence-electron chi connectivity index (χ1n) is 10.2. The summed E-state index contributed by atoms with van der Waals surface area (Å²) in [6.07, 6.45) is 33.5. The first kappa shape index (κ1) is 24.9. The molecule has 3 N–H and O–H groups in total. The Labute approximate surface area is 166 Å². The predicted octanol–water partition coefficient (Wildman–Crippen LogP) is 5.54. The summed E-state index contributed by atoms with van der Waals surface area (Å²) in [4.78, 5) is 11.4. The maximum Gasteiger partial charge on any atom is 0.220 e. The summed E-state index contributed by atoms with van der Waals surface area (Å²) in [5.74, 6) is 0.0694. The van der Waals surface area contributed by atoms with E-state index in [-0.39, 0.29) is 5.91 Å². The van der Waals surface area contributed by atoms with Crippen molar-refractivity contribution in [2.45, 2.75) is 58.3 Å². The van der Waals surface area contributed by atoms with Crippen molar-refractivity contribution in [2.24, 2.45) is 5.73 Å². The molecule has 0 saturated heterocycles. The fraction of sp³-hybridized carbons (Fsp3) is 0.458. The molecule has 0 aliphatic carbocycles. The SMILES string of the molecule is CC/C=C/C/C=C/C/C=C/C/C=C/C/C=C/C/C=C/CCC(=O)NCCN. The smallest absolute Gasteiger partial charge is 0.220 e. The largest absolute Gasteiger partial charge is 0.355 e. The lowest BCUT2D eigenvalue weighted by Crippen LogP contribution is -2.28. The van der Waals surface area contributed by atoms with Crippen LogP contribution in [0.5, 0.6) is 0 Å². The van der Waals surface area contributed by atoms with E-state index in [4.69, 9.17) is 5.73 Å². The van der Waals surface area contributed by atoms with Gasteiger partial charge in [-0.25, -0.2) is 0 Å². The summed E-state index contributed by atoms with van der Waals surface area (Å²) in [6.45, 7) is 3.20. The number of carbonyl (C=O) groups excluding carboxylic acids is 1. The lowest BCUT2D eigenvalue weighted by atomic mass is 10.2. The van der Waals surface area contributed by atoms with E-state index in [2.05, 4.69) is 85.2 Å². The van der Waals surface area contributed by atoms with E-state index in [1.165, 1.54) is 0 Å². The third-order valence-corrected chi connectivity index (χ3v) is 3.60. The van der Waals surface area contributed by atoms with Crippen molar-refractivity contribution < 1.29 is 4.79 Å². The van der Waals surface area contributed by atoms with Crippen LogP contribution in [0.4, 0.5) is 0 Å². The van der Waals surface area contributed by atoms with Crippen LogP contribution in [0.15, 0.2) is 72.9 Å². The van der Waals surface area contributed by atoms with Gasteiger partial charge in [0.15, 0.2) is 0 Å². The maximum absolute atomic E-state index is 11.4. The zero-order valence-corrected chi connectivity index (χ0v) is 17.0. The van der Waals surface area contributed by atoms with E-state index >= 15 is 0 Å². The van der Waals surface area contributed by atoms with E-state index < -0.39 is 0 Å². The molecule has 150 valence electrons. The summed E-state index contributed by atoms with van der Waals surface area (Å²) in [6, 6.07) is 0. The minimum atomic E-state index is 0.0694. The highest BCUT2D eigenvalue weighted by atomic mass is 16.1. The first-order valence-corrected chi connectivity index (χ1v) is 10.2. The van der Waals surface area contributed by atoms with Gasteiger partial charge in [0.1, 0.15) is 0 Å². The van der Waals surface area contributed by atoms with Gasteiger partial charge in [0.05, 0.1) is 0 Å². The van der Waals surface area contributed by atoms with Crippen LogP contribution in [0, 0.1) is 0 Å². The third-order valence-electron chi connectivity index (χ3n) is 3.60. The molecule has 0 rings (SSSR count). The fourth-order valence-corrected chi connectivity index (χ4v) is 2.15. The number of hydrogen-bond donors (Lipinski definition) is 2. The van der Waals surface area contributed by atoms with Gasteiger partial charge in [0.2, 0.25) is 5.91 Å². The number of rotatable bonds is 16. The normalized spacial score (nSPS) is 12.8. The van der Waals surface area contributed by atoms with Crippen molar-refractivity contribution in [1.29, 1.82) is 0 Å². The number of carbonyl (C=O) groups is 1. The monoisotopic (exact) mass is 370 g/mol. The van der Waals surface area contributed by atoms with Crippen LogP contribution in [-0.4, -0.2) is 19.0 Å². The minimum absolute atomic E-state index is 0.0694. The summed E-state index contributed by atoms with van der Waals surface area (Å²) < 4.78 is 0. The standard InChI is InChI=1S/C24H38N2O/c1-2-3-4-5-6-7-8-9-10-11-12-13-14-15-16-17-18-19-20-21-24(27)26-23-22-25/h3-4,6-7,9-10,12-13,15-16,18-19H,2,5,8,11,14,17,20-23,25H2,1H3,(H,26,27)/b4-3+,7-6+,10-9+,13-12+,16-15+,19-18+. The Kier molecular flexibility index (Phi) is 20.2. The summed E-state index contributed by atoms with van der Waals surface area (Å²) >= 11 is 0. The van der Waals surface area contributed by atoms with E-state index in [0.29, 0.717) is 19.5 Å². The maximum atomic E-state index is 11.4. The van der Waals surface area contributed by atoms with Gasteiger partial charge in [0, 0.05) is 19.5 Å². The number of allylic oxidation sites excluding steroid dienone is 12. The Balaban J connectivity index is 3.54. The zero-order valence-electron chi connectivity index (χ0n) is 17.0. The summed E-state index contributed by atoms with van der Waals surface area (Å²) in [5.41, 5.74) is 5.33. The van der Waals surface area contributed by atoms with E-state index in [1.54, 1.807) is 0 Å². The highest BCUT2D eigenvalue weighted by Gasteiger charge is 1.96. The van der Waals surface area contributed by atoms with Crippen molar-refractivity contribution in [3.63, 3.8) is 0 Å². The van der Waals surface area contributed by atoms with Gasteiger partial charge in [-0.2, -0.15) is 0 Å². The van der Waals surface area contributed by atoms with Gasteiger partial charge in [-0.3, -0.25) is 4.79 Å². The van der Waals surface area contributed by atoms with Crippen molar-refractivity contribution >= 4 is 5.91 Å². The first-order chi connectivity index (χ1) is 13.3. The van der Waals surface area contributed by atoms with Gasteiger partial charge in [-0.05, 0) is 44.9 Å². The van der Waals surface area contributed by atoms with Crippen LogP contribution in [0.2, 0.25) is 0 Å².